The lowest BCUT2D eigenvalue weighted by Crippen LogP contribution is -2.15. The molecule has 7 heteroatoms. The Kier molecular flexibility index (Phi) is 3.29. The van der Waals surface area contributed by atoms with Gasteiger partial charge in [-0.15, -0.1) is 0 Å². The maximum Gasteiger partial charge on any atom is 0.260 e. The van der Waals surface area contributed by atoms with Gasteiger partial charge in [0.1, 0.15) is 12.0 Å². The molecule has 0 fully saturated rings. The molecular weight excluding hydrogens is 240 g/mol. The van der Waals surface area contributed by atoms with E-state index in [9.17, 15) is 0 Å². The van der Waals surface area contributed by atoms with Gasteiger partial charge in [-0.3, -0.25) is 4.98 Å². The van der Waals surface area contributed by atoms with Gasteiger partial charge >= 0.3 is 0 Å². The number of aryl methyl sites for hydroxylation is 1. The molecule has 0 aliphatic carbocycles. The van der Waals surface area contributed by atoms with Crippen LogP contribution in [0.25, 0.3) is 0 Å². The highest BCUT2D eigenvalue weighted by molar-refractivity contribution is 7.99. The van der Waals surface area contributed by atoms with E-state index in [1.165, 1.54) is 11.8 Å². The van der Waals surface area contributed by atoms with Crippen LogP contribution in [0.15, 0.2) is 44.3 Å². The molecule has 17 heavy (non-hydrogen) atoms. The van der Waals surface area contributed by atoms with E-state index < -0.39 is 0 Å². The molecule has 88 valence electrons. The second-order valence-corrected chi connectivity index (χ2v) is 4.19. The molecule has 2 aromatic heterocycles. The molecule has 2 rings (SSSR count). The highest BCUT2D eigenvalue weighted by atomic mass is 32.2. The number of rotatable bonds is 3. The topological polar surface area (TPSA) is 97.5 Å². The summed E-state index contributed by atoms with van der Waals surface area (Å²) in [4.78, 5) is 8.92. The van der Waals surface area contributed by atoms with Gasteiger partial charge in [-0.05, 0) is 30.8 Å². The number of amidine groups is 1. The Labute approximate surface area is 102 Å². The summed E-state index contributed by atoms with van der Waals surface area (Å²) in [6, 6.07) is 3.55. The highest BCUT2D eigenvalue weighted by Gasteiger charge is 2.12. The maximum absolute atomic E-state index is 8.66. The molecular formula is C10H10N4O2S. The van der Waals surface area contributed by atoms with Crippen LogP contribution in [-0.4, -0.2) is 21.0 Å². The van der Waals surface area contributed by atoms with E-state index in [0.29, 0.717) is 15.8 Å². The molecule has 0 unspecified atom stereocenters. The maximum atomic E-state index is 8.66. The molecule has 2 heterocycles. The van der Waals surface area contributed by atoms with E-state index in [4.69, 9.17) is 15.4 Å². The minimum Gasteiger partial charge on any atom is -0.439 e. The van der Waals surface area contributed by atoms with Crippen molar-refractivity contribution in [1.29, 1.82) is 0 Å². The van der Waals surface area contributed by atoms with Crippen molar-refractivity contribution in [1.82, 2.24) is 9.97 Å². The Hall–Kier alpha value is -2.02. The molecule has 0 saturated heterocycles. The third kappa shape index (κ3) is 2.56. The smallest absolute Gasteiger partial charge is 0.260 e. The Morgan fingerprint density at radius 3 is 3.06 bits per heavy atom. The standard InChI is InChI=1S/C10H10N4O2S/c1-6-5-16-10(13-6)17-7-3-2-4-12-8(7)9(11)14-15/h2-5,15H,1H3,(H2,11,14). The number of aromatic nitrogens is 2. The molecule has 0 spiro atoms. The third-order valence-corrected chi connectivity index (χ3v) is 2.83. The van der Waals surface area contributed by atoms with Crippen LogP contribution in [0.3, 0.4) is 0 Å². The van der Waals surface area contributed by atoms with Crippen molar-refractivity contribution in [2.45, 2.75) is 17.0 Å². The fraction of sp³-hybridized carbons (Fsp3) is 0.100. The zero-order valence-electron chi connectivity index (χ0n) is 8.99. The summed E-state index contributed by atoms with van der Waals surface area (Å²) < 4.78 is 5.22. The minimum atomic E-state index is -0.0450. The van der Waals surface area contributed by atoms with E-state index >= 15 is 0 Å². The molecule has 0 saturated carbocycles. The Bertz CT molecular complexity index is 553. The van der Waals surface area contributed by atoms with Gasteiger partial charge in [0, 0.05) is 11.1 Å². The van der Waals surface area contributed by atoms with Gasteiger partial charge in [0.2, 0.25) is 0 Å². The Morgan fingerprint density at radius 2 is 2.41 bits per heavy atom. The van der Waals surface area contributed by atoms with Crippen LogP contribution in [0.5, 0.6) is 0 Å². The summed E-state index contributed by atoms with van der Waals surface area (Å²) in [7, 11) is 0. The number of pyridine rings is 1. The number of nitrogens with two attached hydrogens (primary N) is 1. The van der Waals surface area contributed by atoms with E-state index in [-0.39, 0.29) is 5.84 Å². The largest absolute Gasteiger partial charge is 0.439 e. The van der Waals surface area contributed by atoms with Gasteiger partial charge in [0.15, 0.2) is 5.84 Å². The second-order valence-electron chi connectivity index (χ2n) is 3.19. The van der Waals surface area contributed by atoms with Crippen LogP contribution >= 0.6 is 11.8 Å². The van der Waals surface area contributed by atoms with Gasteiger partial charge in [0.05, 0.1) is 5.69 Å². The third-order valence-electron chi connectivity index (χ3n) is 1.92. The first kappa shape index (κ1) is 11.5. The van der Waals surface area contributed by atoms with E-state index in [0.717, 1.165) is 5.69 Å². The van der Waals surface area contributed by atoms with Crippen molar-refractivity contribution in [2.75, 3.05) is 0 Å². The van der Waals surface area contributed by atoms with Gasteiger partial charge in [-0.1, -0.05) is 5.16 Å². The van der Waals surface area contributed by atoms with Crippen LogP contribution in [0.1, 0.15) is 11.4 Å². The summed E-state index contributed by atoms with van der Waals surface area (Å²) in [6.45, 7) is 1.83. The van der Waals surface area contributed by atoms with Crippen molar-refractivity contribution in [3.63, 3.8) is 0 Å². The summed E-state index contributed by atoms with van der Waals surface area (Å²) in [6.07, 6.45) is 3.13. The monoisotopic (exact) mass is 250 g/mol. The zero-order valence-corrected chi connectivity index (χ0v) is 9.81. The van der Waals surface area contributed by atoms with Gasteiger partial charge in [0.25, 0.3) is 5.22 Å². The predicted octanol–water partition coefficient (Wildman–Crippen LogP) is 1.62. The normalized spacial score (nSPS) is 11.7. The summed E-state index contributed by atoms with van der Waals surface area (Å²) >= 11 is 1.27. The van der Waals surface area contributed by atoms with Crippen LogP contribution in [0.2, 0.25) is 0 Å². The SMILES string of the molecule is Cc1coc(Sc2cccnc2/C(N)=N/O)n1. The van der Waals surface area contributed by atoms with Gasteiger partial charge in [-0.2, -0.15) is 0 Å². The van der Waals surface area contributed by atoms with Crippen LogP contribution < -0.4 is 5.73 Å². The van der Waals surface area contributed by atoms with E-state index in [1.807, 2.05) is 6.92 Å². The number of hydrogen-bond acceptors (Lipinski definition) is 6. The lowest BCUT2D eigenvalue weighted by atomic mass is 10.3. The first-order valence-corrected chi connectivity index (χ1v) is 5.55. The molecule has 0 aliphatic heterocycles. The second kappa shape index (κ2) is 4.88. The summed E-state index contributed by atoms with van der Waals surface area (Å²) in [5.41, 5.74) is 6.72. The molecule has 3 N–H and O–H groups in total. The summed E-state index contributed by atoms with van der Waals surface area (Å²) in [5.74, 6) is -0.0450. The molecule has 6 nitrogen and oxygen atoms in total. The zero-order chi connectivity index (χ0) is 12.3. The van der Waals surface area contributed by atoms with Crippen molar-refractivity contribution >= 4 is 17.6 Å². The predicted molar refractivity (Wildman–Crippen MR) is 62.1 cm³/mol. The Balaban J connectivity index is 2.32. The lowest BCUT2D eigenvalue weighted by Gasteiger charge is -2.03. The molecule has 0 aromatic carbocycles. The quantitative estimate of drug-likeness (QED) is 0.372. The Morgan fingerprint density at radius 1 is 1.59 bits per heavy atom. The average Bonchev–Trinajstić information content (AvgIpc) is 2.74. The lowest BCUT2D eigenvalue weighted by molar-refractivity contribution is 0.318. The average molecular weight is 250 g/mol. The number of oxazole rings is 1. The number of nitrogens with zero attached hydrogens (tertiary/aromatic N) is 3. The number of hydrogen-bond donors (Lipinski definition) is 2. The van der Waals surface area contributed by atoms with Crippen LogP contribution in [0, 0.1) is 6.92 Å². The molecule has 0 amide bonds. The van der Waals surface area contributed by atoms with Gasteiger partial charge < -0.3 is 15.4 Å². The van der Waals surface area contributed by atoms with Gasteiger partial charge in [-0.25, -0.2) is 4.98 Å². The summed E-state index contributed by atoms with van der Waals surface area (Å²) in [5, 5.41) is 12.1. The van der Waals surface area contributed by atoms with Crippen molar-refractivity contribution in [2.24, 2.45) is 10.9 Å². The van der Waals surface area contributed by atoms with E-state index in [2.05, 4.69) is 15.1 Å². The highest BCUT2D eigenvalue weighted by Crippen LogP contribution is 2.28. The molecule has 0 atom stereocenters. The first-order chi connectivity index (χ1) is 8.20. The first-order valence-electron chi connectivity index (χ1n) is 4.73. The van der Waals surface area contributed by atoms with Crippen molar-refractivity contribution in [3.05, 3.63) is 36.0 Å². The van der Waals surface area contributed by atoms with Crippen LogP contribution in [-0.2, 0) is 0 Å². The molecule has 0 radical (unpaired) electrons. The van der Waals surface area contributed by atoms with E-state index in [1.54, 1.807) is 24.6 Å². The molecule has 0 bridgehead atoms. The fourth-order valence-electron chi connectivity index (χ4n) is 1.19. The van der Waals surface area contributed by atoms with Crippen LogP contribution in [0.4, 0.5) is 0 Å². The fourth-order valence-corrected chi connectivity index (χ4v) is 2.06. The number of oxime groups is 1. The van der Waals surface area contributed by atoms with Crippen molar-refractivity contribution in [3.8, 4) is 0 Å². The minimum absolute atomic E-state index is 0.0450. The van der Waals surface area contributed by atoms with Crippen molar-refractivity contribution < 1.29 is 9.62 Å². The molecule has 0 aliphatic rings. The molecule has 2 aromatic rings.